The number of hydrogen-bond donors (Lipinski definition) is 2. The maximum Gasteiger partial charge on any atom is 0.255 e. The Hall–Kier alpha value is -3.14. The first-order valence-electron chi connectivity index (χ1n) is 7.83. The topological polar surface area (TPSA) is 54.0 Å². The molecule has 0 bridgehead atoms. The van der Waals surface area contributed by atoms with Gasteiger partial charge in [0.1, 0.15) is 5.82 Å². The molecular weight excluding hydrogens is 298 g/mol. The number of rotatable bonds is 5. The van der Waals surface area contributed by atoms with Gasteiger partial charge in [0.15, 0.2) is 0 Å². The molecule has 2 aromatic carbocycles. The van der Waals surface area contributed by atoms with Gasteiger partial charge in [-0.1, -0.05) is 42.5 Å². The van der Waals surface area contributed by atoms with Gasteiger partial charge in [0.25, 0.3) is 5.91 Å². The Balaban J connectivity index is 1.74. The molecule has 0 fully saturated rings. The first-order chi connectivity index (χ1) is 11.7. The van der Waals surface area contributed by atoms with Crippen molar-refractivity contribution in [1.82, 2.24) is 10.3 Å². The molecule has 0 radical (unpaired) electrons. The number of nitrogens with zero attached hydrogens (tertiary/aromatic N) is 1. The van der Waals surface area contributed by atoms with Crippen LogP contribution in [0, 0.1) is 6.92 Å². The highest BCUT2D eigenvalue weighted by Gasteiger charge is 2.12. The van der Waals surface area contributed by atoms with E-state index in [4.69, 9.17) is 0 Å². The lowest BCUT2D eigenvalue weighted by molar-refractivity contribution is 0.0951. The van der Waals surface area contributed by atoms with Crippen molar-refractivity contribution in [1.29, 1.82) is 0 Å². The van der Waals surface area contributed by atoms with Gasteiger partial charge in [0.2, 0.25) is 0 Å². The number of aryl methyl sites for hydroxylation is 1. The van der Waals surface area contributed by atoms with Crippen LogP contribution in [-0.4, -0.2) is 10.9 Å². The van der Waals surface area contributed by atoms with E-state index in [1.54, 1.807) is 18.3 Å². The van der Waals surface area contributed by atoms with Gasteiger partial charge >= 0.3 is 0 Å². The highest BCUT2D eigenvalue weighted by atomic mass is 16.1. The number of anilines is 2. The van der Waals surface area contributed by atoms with Crippen molar-refractivity contribution in [3.8, 4) is 0 Å². The lowest BCUT2D eigenvalue weighted by atomic mass is 10.2. The summed E-state index contributed by atoms with van der Waals surface area (Å²) >= 11 is 0. The Morgan fingerprint density at radius 3 is 2.62 bits per heavy atom. The van der Waals surface area contributed by atoms with Gasteiger partial charge in [-0.25, -0.2) is 4.98 Å². The van der Waals surface area contributed by atoms with Crippen LogP contribution in [0.25, 0.3) is 0 Å². The molecule has 3 rings (SSSR count). The highest BCUT2D eigenvalue weighted by molar-refractivity contribution is 5.99. The molecule has 3 aromatic rings. The summed E-state index contributed by atoms with van der Waals surface area (Å²) in [5.41, 5.74) is 3.63. The van der Waals surface area contributed by atoms with E-state index in [0.717, 1.165) is 16.8 Å². The second kappa shape index (κ2) is 7.42. The van der Waals surface area contributed by atoms with Gasteiger partial charge in [-0.2, -0.15) is 0 Å². The van der Waals surface area contributed by atoms with Gasteiger partial charge in [-0.3, -0.25) is 4.79 Å². The largest absolute Gasteiger partial charge is 0.348 e. The van der Waals surface area contributed by atoms with E-state index >= 15 is 0 Å². The minimum atomic E-state index is -0.151. The second-order valence-electron chi connectivity index (χ2n) is 5.56. The van der Waals surface area contributed by atoms with Crippen LogP contribution < -0.4 is 10.6 Å². The summed E-state index contributed by atoms with van der Waals surface area (Å²) in [5.74, 6) is 0.399. The van der Waals surface area contributed by atoms with Crippen molar-refractivity contribution in [3.05, 3.63) is 89.6 Å². The Morgan fingerprint density at radius 1 is 1.00 bits per heavy atom. The molecular formula is C20H19N3O. The fourth-order valence-electron chi connectivity index (χ4n) is 2.42. The molecule has 1 amide bonds. The van der Waals surface area contributed by atoms with Crippen molar-refractivity contribution in [2.24, 2.45) is 0 Å². The van der Waals surface area contributed by atoms with Crippen LogP contribution in [0.5, 0.6) is 0 Å². The third-order valence-electron chi connectivity index (χ3n) is 3.63. The zero-order valence-corrected chi connectivity index (χ0v) is 13.5. The number of benzene rings is 2. The zero-order valence-electron chi connectivity index (χ0n) is 13.5. The van der Waals surface area contributed by atoms with Gasteiger partial charge in [0, 0.05) is 18.4 Å². The van der Waals surface area contributed by atoms with Crippen molar-refractivity contribution in [2.75, 3.05) is 5.32 Å². The summed E-state index contributed by atoms with van der Waals surface area (Å²) in [7, 11) is 0. The Kier molecular flexibility index (Phi) is 4.87. The van der Waals surface area contributed by atoms with Crippen molar-refractivity contribution in [3.63, 3.8) is 0 Å². The van der Waals surface area contributed by atoms with Crippen LogP contribution >= 0.6 is 0 Å². The van der Waals surface area contributed by atoms with E-state index in [1.807, 2.05) is 61.5 Å². The molecule has 0 spiro atoms. The van der Waals surface area contributed by atoms with Crippen molar-refractivity contribution >= 4 is 17.4 Å². The third-order valence-corrected chi connectivity index (χ3v) is 3.63. The van der Waals surface area contributed by atoms with E-state index in [1.165, 1.54) is 0 Å². The van der Waals surface area contributed by atoms with Gasteiger partial charge in [-0.15, -0.1) is 0 Å². The molecule has 120 valence electrons. The number of pyridine rings is 1. The molecule has 0 atom stereocenters. The first kappa shape index (κ1) is 15.7. The fraction of sp³-hybridized carbons (Fsp3) is 0.100. The molecule has 2 N–H and O–H groups in total. The molecule has 0 saturated carbocycles. The van der Waals surface area contributed by atoms with E-state index in [-0.39, 0.29) is 5.91 Å². The molecule has 24 heavy (non-hydrogen) atoms. The summed E-state index contributed by atoms with van der Waals surface area (Å²) in [6.07, 6.45) is 1.67. The summed E-state index contributed by atoms with van der Waals surface area (Å²) in [5, 5.41) is 6.15. The highest BCUT2D eigenvalue weighted by Crippen LogP contribution is 2.19. The minimum absolute atomic E-state index is 0.151. The van der Waals surface area contributed by atoms with Crippen LogP contribution in [0.1, 0.15) is 21.5 Å². The minimum Gasteiger partial charge on any atom is -0.348 e. The van der Waals surface area contributed by atoms with Crippen LogP contribution in [0.3, 0.4) is 0 Å². The zero-order chi connectivity index (χ0) is 16.8. The van der Waals surface area contributed by atoms with E-state index in [2.05, 4.69) is 15.6 Å². The Morgan fingerprint density at radius 2 is 1.83 bits per heavy atom. The maximum atomic E-state index is 12.5. The average molecular weight is 317 g/mol. The SMILES string of the molecule is Cc1cccc(Nc2ncccc2C(=O)NCc2ccccc2)c1. The number of carbonyl (C=O) groups is 1. The molecule has 0 aliphatic heterocycles. The molecule has 0 aliphatic rings. The van der Waals surface area contributed by atoms with Crippen LogP contribution in [0.4, 0.5) is 11.5 Å². The molecule has 0 unspecified atom stereocenters. The van der Waals surface area contributed by atoms with Crippen LogP contribution in [-0.2, 0) is 6.54 Å². The van der Waals surface area contributed by atoms with E-state index < -0.39 is 0 Å². The summed E-state index contributed by atoms with van der Waals surface area (Å²) in [4.78, 5) is 16.8. The average Bonchev–Trinajstić information content (AvgIpc) is 2.61. The van der Waals surface area contributed by atoms with Crippen LogP contribution in [0.2, 0.25) is 0 Å². The number of carbonyl (C=O) groups excluding carboxylic acids is 1. The molecule has 1 aromatic heterocycles. The standard InChI is InChI=1S/C20H19N3O/c1-15-7-5-10-17(13-15)23-19-18(11-6-12-21-19)20(24)22-14-16-8-3-2-4-9-16/h2-13H,14H2,1H3,(H,21,23)(H,22,24). The summed E-state index contributed by atoms with van der Waals surface area (Å²) in [6, 6.07) is 21.3. The predicted octanol–water partition coefficient (Wildman–Crippen LogP) is 4.06. The Bertz CT molecular complexity index is 831. The lowest BCUT2D eigenvalue weighted by Gasteiger charge is -2.11. The molecule has 4 heteroatoms. The van der Waals surface area contributed by atoms with E-state index in [0.29, 0.717) is 17.9 Å². The van der Waals surface area contributed by atoms with Crippen molar-refractivity contribution in [2.45, 2.75) is 13.5 Å². The van der Waals surface area contributed by atoms with Gasteiger partial charge in [0.05, 0.1) is 5.56 Å². The number of aromatic nitrogens is 1. The number of nitrogens with one attached hydrogen (secondary N) is 2. The second-order valence-corrected chi connectivity index (χ2v) is 5.56. The molecule has 0 aliphatic carbocycles. The maximum absolute atomic E-state index is 12.5. The fourth-order valence-corrected chi connectivity index (χ4v) is 2.42. The lowest BCUT2D eigenvalue weighted by Crippen LogP contribution is -2.24. The summed E-state index contributed by atoms with van der Waals surface area (Å²) in [6.45, 7) is 2.51. The normalized spacial score (nSPS) is 10.2. The number of hydrogen-bond acceptors (Lipinski definition) is 3. The van der Waals surface area contributed by atoms with E-state index in [9.17, 15) is 4.79 Å². The van der Waals surface area contributed by atoms with Gasteiger partial charge < -0.3 is 10.6 Å². The van der Waals surface area contributed by atoms with Crippen LogP contribution in [0.15, 0.2) is 72.9 Å². The quantitative estimate of drug-likeness (QED) is 0.746. The monoisotopic (exact) mass is 317 g/mol. The number of amides is 1. The van der Waals surface area contributed by atoms with Crippen molar-refractivity contribution < 1.29 is 4.79 Å². The smallest absolute Gasteiger partial charge is 0.255 e. The molecule has 1 heterocycles. The molecule has 0 saturated heterocycles. The molecule has 4 nitrogen and oxygen atoms in total. The predicted molar refractivity (Wildman–Crippen MR) is 96.3 cm³/mol. The summed E-state index contributed by atoms with van der Waals surface area (Å²) < 4.78 is 0. The third kappa shape index (κ3) is 3.98. The first-order valence-corrected chi connectivity index (χ1v) is 7.83. The van der Waals surface area contributed by atoms with Gasteiger partial charge in [-0.05, 0) is 42.3 Å². The Labute approximate surface area is 141 Å².